The Morgan fingerprint density at radius 3 is 2.70 bits per heavy atom. The topological polar surface area (TPSA) is 87.1 Å². The Balaban J connectivity index is 1.74. The molecular formula is C21H21NO5. The van der Waals surface area contributed by atoms with Crippen LogP contribution in [0.4, 0.5) is 0 Å². The van der Waals surface area contributed by atoms with Gasteiger partial charge in [0.25, 0.3) is 0 Å². The van der Waals surface area contributed by atoms with Crippen molar-refractivity contribution < 1.29 is 24.5 Å². The van der Waals surface area contributed by atoms with Gasteiger partial charge in [-0.3, -0.25) is 9.59 Å². The maximum atomic E-state index is 12.8. The summed E-state index contributed by atoms with van der Waals surface area (Å²) < 4.78 is 6.17. The maximum absolute atomic E-state index is 12.8. The third-order valence-corrected chi connectivity index (χ3v) is 7.58. The molecule has 6 nitrogen and oxygen atoms in total. The highest BCUT2D eigenvalue weighted by Crippen LogP contribution is 2.64. The largest absolute Gasteiger partial charge is 0.504 e. The molecule has 2 bridgehead atoms. The van der Waals surface area contributed by atoms with Crippen molar-refractivity contribution in [3.8, 4) is 11.5 Å². The van der Waals surface area contributed by atoms with Crippen molar-refractivity contribution in [1.29, 1.82) is 0 Å². The van der Waals surface area contributed by atoms with E-state index in [-0.39, 0.29) is 47.7 Å². The smallest absolute Gasteiger partial charge is 0.169 e. The highest BCUT2D eigenvalue weighted by Gasteiger charge is 2.65. The number of carbonyl (C=O) groups excluding carboxylic acids is 2. The Kier molecular flexibility index (Phi) is 2.82. The number of piperidine rings is 1. The molecule has 5 aliphatic rings. The zero-order valence-electron chi connectivity index (χ0n) is 15.1. The second-order valence-electron chi connectivity index (χ2n) is 8.61. The summed E-state index contributed by atoms with van der Waals surface area (Å²) in [7, 11) is 2.09. The third-order valence-electron chi connectivity index (χ3n) is 7.58. The first-order valence-corrected chi connectivity index (χ1v) is 9.67. The molecule has 1 aromatic carbocycles. The number of aliphatic hydroxyl groups excluding tert-OH is 1. The van der Waals surface area contributed by atoms with E-state index in [0.717, 1.165) is 24.1 Å². The molecule has 5 atom stereocenters. The van der Waals surface area contributed by atoms with Crippen LogP contribution in [0.25, 0.3) is 0 Å². The van der Waals surface area contributed by atoms with Gasteiger partial charge in [-0.25, -0.2) is 0 Å². The van der Waals surface area contributed by atoms with Crippen LogP contribution in [-0.2, 0) is 11.8 Å². The van der Waals surface area contributed by atoms with Crippen LogP contribution >= 0.6 is 0 Å². The summed E-state index contributed by atoms with van der Waals surface area (Å²) in [6, 6.07) is 0.186. The molecule has 0 radical (unpaired) electrons. The van der Waals surface area contributed by atoms with Gasteiger partial charge in [0, 0.05) is 41.3 Å². The highest BCUT2D eigenvalue weighted by molar-refractivity contribution is 6.17. The molecule has 2 N–H and O–H groups in total. The molecule has 140 valence electrons. The van der Waals surface area contributed by atoms with Gasteiger partial charge in [-0.15, -0.1) is 0 Å². The molecule has 1 spiro atoms. The summed E-state index contributed by atoms with van der Waals surface area (Å²) >= 11 is 0. The number of hydrogen-bond acceptors (Lipinski definition) is 6. The molecule has 0 unspecified atom stereocenters. The van der Waals surface area contributed by atoms with Gasteiger partial charge in [0.05, 0.1) is 5.56 Å². The number of phenols is 1. The lowest BCUT2D eigenvalue weighted by Gasteiger charge is -2.56. The number of hydrogen-bond donors (Lipinski definition) is 2. The number of likely N-dealkylation sites (tertiary alicyclic amines) is 1. The molecule has 0 saturated carbocycles. The average Bonchev–Trinajstić information content (AvgIpc) is 3.00. The molecule has 0 aromatic heterocycles. The van der Waals surface area contributed by atoms with Gasteiger partial charge in [0.1, 0.15) is 12.2 Å². The Bertz CT molecular complexity index is 966. The molecule has 2 heterocycles. The van der Waals surface area contributed by atoms with Crippen molar-refractivity contribution in [2.45, 2.75) is 49.3 Å². The Morgan fingerprint density at radius 2 is 1.93 bits per heavy atom. The van der Waals surface area contributed by atoms with E-state index < -0.39 is 17.6 Å². The first-order chi connectivity index (χ1) is 12.9. The summed E-state index contributed by atoms with van der Waals surface area (Å²) in [5, 5.41) is 21.6. The minimum Gasteiger partial charge on any atom is -0.504 e. The fourth-order valence-corrected chi connectivity index (χ4v) is 6.44. The van der Waals surface area contributed by atoms with E-state index in [2.05, 4.69) is 18.0 Å². The van der Waals surface area contributed by atoms with Crippen molar-refractivity contribution in [2.75, 3.05) is 13.6 Å². The Labute approximate surface area is 156 Å². The van der Waals surface area contributed by atoms with E-state index in [1.807, 2.05) is 0 Å². The monoisotopic (exact) mass is 367 g/mol. The molecule has 27 heavy (non-hydrogen) atoms. The zero-order valence-corrected chi connectivity index (χ0v) is 15.1. The quantitative estimate of drug-likeness (QED) is 0.674. The Hall–Kier alpha value is -2.18. The number of aromatic hydroxyl groups is 1. The number of carbonyl (C=O) groups is 2. The van der Waals surface area contributed by atoms with E-state index in [9.17, 15) is 19.8 Å². The highest BCUT2D eigenvalue weighted by atomic mass is 16.5. The van der Waals surface area contributed by atoms with Crippen molar-refractivity contribution >= 4 is 11.6 Å². The standard InChI is InChI=1S/C21H21NO5/c1-22-7-6-21-10-2-3-14(25)20(21)27-19-17(21)9(8-11(10)22)15-12(23)4-5-13(24)16(15)18(19)26/h2-3,10-11,14,20,25-26H,4-8H2,1H3/t10-,11+,14-,20-,21-/m0/s1. The minimum absolute atomic E-state index is 0.0661. The van der Waals surface area contributed by atoms with E-state index in [1.165, 1.54) is 0 Å². The van der Waals surface area contributed by atoms with Gasteiger partial charge < -0.3 is 19.8 Å². The van der Waals surface area contributed by atoms with E-state index in [1.54, 1.807) is 6.08 Å². The van der Waals surface area contributed by atoms with Crippen LogP contribution in [0.15, 0.2) is 12.2 Å². The third kappa shape index (κ3) is 1.61. The van der Waals surface area contributed by atoms with Gasteiger partial charge in [0.15, 0.2) is 23.1 Å². The normalized spacial score (nSPS) is 38.4. The molecule has 0 amide bonds. The molecule has 2 aliphatic heterocycles. The number of benzene rings is 1. The number of rotatable bonds is 0. The molecular weight excluding hydrogens is 346 g/mol. The molecule has 1 saturated heterocycles. The molecule has 3 aliphatic carbocycles. The number of ether oxygens (including phenoxy) is 1. The number of phenolic OH excluding ortho intramolecular Hbond substituents is 1. The summed E-state index contributed by atoms with van der Waals surface area (Å²) in [5.74, 6) is 0.0201. The number of likely N-dealkylation sites (N-methyl/N-ethyl adjacent to an activating group) is 1. The number of nitrogens with zero attached hydrogens (tertiary/aromatic N) is 1. The lowest BCUT2D eigenvalue weighted by atomic mass is 9.52. The van der Waals surface area contributed by atoms with Gasteiger partial charge >= 0.3 is 0 Å². The van der Waals surface area contributed by atoms with Crippen molar-refractivity contribution in [3.63, 3.8) is 0 Å². The number of ketones is 2. The molecule has 6 rings (SSSR count). The van der Waals surface area contributed by atoms with Crippen LogP contribution in [0, 0.1) is 5.92 Å². The number of fused-ring (bicyclic) bond motifs is 2. The van der Waals surface area contributed by atoms with Crippen molar-refractivity contribution in [1.82, 2.24) is 4.90 Å². The van der Waals surface area contributed by atoms with Crippen LogP contribution in [0.3, 0.4) is 0 Å². The summed E-state index contributed by atoms with van der Waals surface area (Å²) in [5.41, 5.74) is 1.85. The predicted molar refractivity (Wildman–Crippen MR) is 95.5 cm³/mol. The summed E-state index contributed by atoms with van der Waals surface area (Å²) in [4.78, 5) is 27.7. The van der Waals surface area contributed by atoms with Gasteiger partial charge in [-0.1, -0.05) is 12.2 Å². The first kappa shape index (κ1) is 15.8. The predicted octanol–water partition coefficient (Wildman–Crippen LogP) is 1.36. The second-order valence-corrected chi connectivity index (χ2v) is 8.61. The fourth-order valence-electron chi connectivity index (χ4n) is 6.44. The molecule has 6 heteroatoms. The maximum Gasteiger partial charge on any atom is 0.169 e. The Morgan fingerprint density at radius 1 is 1.19 bits per heavy atom. The fraction of sp³-hybridized carbons (Fsp3) is 0.524. The number of Topliss-reactive ketones (excluding diaryl/α,β-unsaturated/α-hetero) is 2. The van der Waals surface area contributed by atoms with Crippen molar-refractivity contribution in [2.24, 2.45) is 5.92 Å². The number of aliphatic hydroxyl groups is 1. The van der Waals surface area contributed by atoms with Crippen LogP contribution in [-0.4, -0.2) is 58.5 Å². The van der Waals surface area contributed by atoms with Crippen LogP contribution in [0.5, 0.6) is 11.5 Å². The average molecular weight is 367 g/mol. The lowest BCUT2D eigenvalue weighted by molar-refractivity contribution is -0.0453. The van der Waals surface area contributed by atoms with Crippen LogP contribution in [0.2, 0.25) is 0 Å². The van der Waals surface area contributed by atoms with Gasteiger partial charge in [0.2, 0.25) is 0 Å². The minimum atomic E-state index is -0.772. The van der Waals surface area contributed by atoms with E-state index >= 15 is 0 Å². The van der Waals surface area contributed by atoms with Crippen molar-refractivity contribution in [3.05, 3.63) is 34.4 Å². The van der Waals surface area contributed by atoms with E-state index in [4.69, 9.17) is 4.74 Å². The van der Waals surface area contributed by atoms with Gasteiger partial charge in [-0.05, 0) is 32.0 Å². The SMILES string of the molecule is CN1CC[C@]23c4c5c6c(c(O)c4O[C@H]2[C@@H](O)C=C[C@H]3[C@H]1C5)C(=O)CCC6=O. The summed E-state index contributed by atoms with van der Waals surface area (Å²) in [6.45, 7) is 0.866. The van der Waals surface area contributed by atoms with Crippen LogP contribution in [0.1, 0.15) is 51.1 Å². The van der Waals surface area contributed by atoms with E-state index in [0.29, 0.717) is 17.7 Å². The molecule has 1 fully saturated rings. The zero-order chi connectivity index (χ0) is 18.7. The van der Waals surface area contributed by atoms with Crippen LogP contribution < -0.4 is 4.74 Å². The lowest BCUT2D eigenvalue weighted by Crippen LogP contribution is -2.65. The first-order valence-electron chi connectivity index (χ1n) is 9.67. The van der Waals surface area contributed by atoms with Gasteiger partial charge in [-0.2, -0.15) is 0 Å². The summed E-state index contributed by atoms with van der Waals surface area (Å²) in [6.07, 6.45) is 4.39. The molecule has 1 aromatic rings. The second kappa shape index (κ2) is 4.80.